The molecule has 4 heteroatoms. The third kappa shape index (κ3) is 2.14. The zero-order chi connectivity index (χ0) is 16.0. The van der Waals surface area contributed by atoms with Gasteiger partial charge in [0.05, 0.1) is 11.6 Å². The van der Waals surface area contributed by atoms with E-state index in [0.717, 1.165) is 30.4 Å². The summed E-state index contributed by atoms with van der Waals surface area (Å²) in [6.07, 6.45) is 4.43. The number of nitrogens with zero attached hydrogens (tertiary/aromatic N) is 1. The highest BCUT2D eigenvalue weighted by Crippen LogP contribution is 2.65. The molecule has 1 amide bonds. The van der Waals surface area contributed by atoms with Crippen LogP contribution in [0.2, 0.25) is 0 Å². The van der Waals surface area contributed by atoms with Gasteiger partial charge in [0.25, 0.3) is 0 Å². The summed E-state index contributed by atoms with van der Waals surface area (Å²) in [5.74, 6) is 0.717. The molecule has 2 saturated carbocycles. The summed E-state index contributed by atoms with van der Waals surface area (Å²) in [5.41, 5.74) is 4.15. The molecule has 2 unspecified atom stereocenters. The molecule has 2 fully saturated rings. The van der Waals surface area contributed by atoms with Crippen molar-refractivity contribution in [1.82, 2.24) is 5.43 Å². The van der Waals surface area contributed by atoms with Crippen molar-refractivity contribution in [2.24, 2.45) is 21.8 Å². The summed E-state index contributed by atoms with van der Waals surface area (Å²) >= 11 is 0. The molecule has 0 radical (unpaired) electrons. The molecule has 1 aromatic carbocycles. The van der Waals surface area contributed by atoms with Gasteiger partial charge in [-0.15, -0.1) is 0 Å². The van der Waals surface area contributed by atoms with Gasteiger partial charge in [-0.25, -0.2) is 5.43 Å². The number of hydrogen-bond acceptors (Lipinski definition) is 3. The van der Waals surface area contributed by atoms with Gasteiger partial charge in [0, 0.05) is 0 Å². The highest BCUT2D eigenvalue weighted by Gasteiger charge is 2.60. The topological polar surface area (TPSA) is 61.7 Å². The summed E-state index contributed by atoms with van der Waals surface area (Å²) in [5, 5.41) is 13.3. The molecule has 2 N–H and O–H groups in total. The third-order valence-corrected chi connectivity index (χ3v) is 5.60. The minimum Gasteiger partial charge on any atom is -0.508 e. The lowest BCUT2D eigenvalue weighted by Crippen LogP contribution is -2.39. The summed E-state index contributed by atoms with van der Waals surface area (Å²) in [6, 6.07) is 6.66. The number of amides is 1. The van der Waals surface area contributed by atoms with Crippen LogP contribution in [0.3, 0.4) is 0 Å². The Morgan fingerprint density at radius 2 is 2.09 bits per heavy atom. The first-order valence-electron chi connectivity index (χ1n) is 7.69. The monoisotopic (exact) mass is 298 g/mol. The first kappa shape index (κ1) is 14.8. The number of hydrogen-bond donors (Lipinski definition) is 2. The Morgan fingerprint density at radius 1 is 1.41 bits per heavy atom. The van der Waals surface area contributed by atoms with Crippen molar-refractivity contribution in [2.45, 2.75) is 33.1 Å². The molecule has 116 valence electrons. The molecule has 1 aromatic rings. The zero-order valence-corrected chi connectivity index (χ0v) is 13.1. The van der Waals surface area contributed by atoms with E-state index in [1.165, 1.54) is 0 Å². The molecule has 2 aliphatic carbocycles. The SMILES string of the molecule is C=C1C2(C(=O)NN=Cc3ccc(O)cc3)CCC(C2)C1(C)C. The van der Waals surface area contributed by atoms with E-state index in [9.17, 15) is 9.90 Å². The van der Waals surface area contributed by atoms with Gasteiger partial charge in [-0.05, 0) is 60.4 Å². The molecule has 0 aliphatic heterocycles. The fourth-order valence-corrected chi connectivity index (χ4v) is 3.97. The van der Waals surface area contributed by atoms with Gasteiger partial charge in [-0.2, -0.15) is 5.10 Å². The average molecular weight is 298 g/mol. The van der Waals surface area contributed by atoms with Crippen LogP contribution in [0, 0.1) is 16.7 Å². The van der Waals surface area contributed by atoms with E-state index in [0.29, 0.717) is 5.92 Å². The Kier molecular flexibility index (Phi) is 3.35. The number of fused-ring (bicyclic) bond motifs is 2. The molecular weight excluding hydrogens is 276 g/mol. The Hall–Kier alpha value is -2.10. The van der Waals surface area contributed by atoms with E-state index in [4.69, 9.17) is 0 Å². The molecule has 2 aliphatic rings. The lowest BCUT2D eigenvalue weighted by Gasteiger charge is -2.36. The van der Waals surface area contributed by atoms with Crippen LogP contribution in [-0.2, 0) is 4.79 Å². The van der Waals surface area contributed by atoms with E-state index < -0.39 is 5.41 Å². The maximum atomic E-state index is 12.6. The number of carbonyl (C=O) groups excluding carboxylic acids is 1. The molecule has 0 aromatic heterocycles. The third-order valence-electron chi connectivity index (χ3n) is 5.60. The molecule has 2 bridgehead atoms. The van der Waals surface area contributed by atoms with Gasteiger partial charge in [0.1, 0.15) is 5.75 Å². The number of phenols is 1. The lowest BCUT2D eigenvalue weighted by atomic mass is 9.68. The van der Waals surface area contributed by atoms with Crippen LogP contribution in [0.5, 0.6) is 5.75 Å². The summed E-state index contributed by atoms with van der Waals surface area (Å²) in [4.78, 5) is 12.6. The van der Waals surface area contributed by atoms with E-state index in [1.807, 2.05) is 0 Å². The summed E-state index contributed by atoms with van der Waals surface area (Å²) < 4.78 is 0. The van der Waals surface area contributed by atoms with Crippen molar-refractivity contribution in [2.75, 3.05) is 0 Å². The van der Waals surface area contributed by atoms with Crippen molar-refractivity contribution < 1.29 is 9.90 Å². The Bertz CT molecular complexity index is 646. The molecule has 4 nitrogen and oxygen atoms in total. The number of carbonyl (C=O) groups is 1. The number of phenolic OH excluding ortho intramolecular Hbond substituents is 1. The van der Waals surface area contributed by atoms with Gasteiger partial charge >= 0.3 is 0 Å². The Balaban J connectivity index is 1.70. The summed E-state index contributed by atoms with van der Waals surface area (Å²) in [7, 11) is 0. The zero-order valence-electron chi connectivity index (χ0n) is 13.1. The fourth-order valence-electron chi connectivity index (χ4n) is 3.97. The van der Waals surface area contributed by atoms with Crippen molar-refractivity contribution in [1.29, 1.82) is 0 Å². The maximum Gasteiger partial charge on any atom is 0.250 e. The van der Waals surface area contributed by atoms with Crippen LogP contribution in [0.15, 0.2) is 41.5 Å². The van der Waals surface area contributed by atoms with Crippen LogP contribution >= 0.6 is 0 Å². The minimum atomic E-state index is -0.444. The summed E-state index contributed by atoms with van der Waals surface area (Å²) in [6.45, 7) is 8.60. The number of rotatable bonds is 3. The molecule has 0 spiro atoms. The normalized spacial score (nSPS) is 29.2. The van der Waals surface area contributed by atoms with E-state index >= 15 is 0 Å². The number of hydrazone groups is 1. The number of benzene rings is 1. The highest BCUT2D eigenvalue weighted by atomic mass is 16.3. The second-order valence-corrected chi connectivity index (χ2v) is 7.01. The highest BCUT2D eigenvalue weighted by molar-refractivity contribution is 5.89. The number of nitrogens with one attached hydrogen (secondary N) is 1. The largest absolute Gasteiger partial charge is 0.508 e. The minimum absolute atomic E-state index is 0.0380. The van der Waals surface area contributed by atoms with Crippen molar-refractivity contribution in [3.63, 3.8) is 0 Å². The van der Waals surface area contributed by atoms with E-state index in [2.05, 4.69) is 31.0 Å². The smallest absolute Gasteiger partial charge is 0.250 e. The van der Waals surface area contributed by atoms with Crippen molar-refractivity contribution >= 4 is 12.1 Å². The van der Waals surface area contributed by atoms with E-state index in [1.54, 1.807) is 30.5 Å². The molecule has 2 atom stereocenters. The Morgan fingerprint density at radius 3 is 2.68 bits per heavy atom. The van der Waals surface area contributed by atoms with Gasteiger partial charge in [-0.3, -0.25) is 4.79 Å². The molecule has 3 rings (SSSR count). The van der Waals surface area contributed by atoms with Gasteiger partial charge in [0.2, 0.25) is 5.91 Å². The standard InChI is InChI=1S/C18H22N2O2/c1-12-17(2,3)14-8-9-18(12,10-14)16(22)20-19-11-13-4-6-15(21)7-5-13/h4-7,11,14,21H,1,8-10H2,2-3H3,(H,20,22). The van der Waals surface area contributed by atoms with Gasteiger partial charge in [0.15, 0.2) is 0 Å². The quantitative estimate of drug-likeness (QED) is 0.511. The van der Waals surface area contributed by atoms with Crippen molar-refractivity contribution in [3.05, 3.63) is 42.0 Å². The van der Waals surface area contributed by atoms with Crippen molar-refractivity contribution in [3.8, 4) is 5.75 Å². The second kappa shape index (κ2) is 4.97. The predicted octanol–water partition coefficient (Wildman–Crippen LogP) is 3.22. The second-order valence-electron chi connectivity index (χ2n) is 7.01. The van der Waals surface area contributed by atoms with Crippen LogP contribution in [-0.4, -0.2) is 17.2 Å². The predicted molar refractivity (Wildman–Crippen MR) is 86.5 cm³/mol. The molecule has 22 heavy (non-hydrogen) atoms. The van der Waals surface area contributed by atoms with E-state index in [-0.39, 0.29) is 17.1 Å². The lowest BCUT2D eigenvalue weighted by molar-refractivity contribution is -0.128. The first-order chi connectivity index (χ1) is 10.4. The number of aromatic hydroxyl groups is 1. The molecule has 0 heterocycles. The van der Waals surface area contributed by atoms with Crippen LogP contribution in [0.1, 0.15) is 38.7 Å². The first-order valence-corrected chi connectivity index (χ1v) is 7.69. The average Bonchev–Trinajstić information content (AvgIpc) is 3.01. The molecule has 0 saturated heterocycles. The van der Waals surface area contributed by atoms with Crippen LogP contribution in [0.4, 0.5) is 0 Å². The van der Waals surface area contributed by atoms with Gasteiger partial charge < -0.3 is 5.11 Å². The Labute approximate surface area is 130 Å². The molecular formula is C18H22N2O2. The van der Waals surface area contributed by atoms with Crippen LogP contribution < -0.4 is 5.43 Å². The van der Waals surface area contributed by atoms with Crippen LogP contribution in [0.25, 0.3) is 0 Å². The maximum absolute atomic E-state index is 12.6. The van der Waals surface area contributed by atoms with Gasteiger partial charge in [-0.1, -0.05) is 26.0 Å². The fraction of sp³-hybridized carbons (Fsp3) is 0.444.